The van der Waals surface area contributed by atoms with Gasteiger partial charge in [-0.15, -0.1) is 0 Å². The quantitative estimate of drug-likeness (QED) is 0.496. The number of aliphatic hydroxyl groups is 1. The highest BCUT2D eigenvalue weighted by Gasteiger charge is 2.08. The van der Waals surface area contributed by atoms with E-state index in [2.05, 4.69) is 24.1 Å². The van der Waals surface area contributed by atoms with E-state index in [0.717, 1.165) is 12.1 Å². The molecular weight excluding hydrogens is 260 g/mol. The van der Waals surface area contributed by atoms with Crippen molar-refractivity contribution in [2.24, 2.45) is 0 Å². The first kappa shape index (κ1) is 19.2. The minimum Gasteiger partial charge on any atom is -0.361 e. The SMILES string of the molecule is C=C/C=C(\C=C/CC)NC(O)NC1C=CC=CC=C1.CC. The van der Waals surface area contributed by atoms with E-state index in [-0.39, 0.29) is 6.04 Å². The Labute approximate surface area is 129 Å². The highest BCUT2D eigenvalue weighted by atomic mass is 16.3. The zero-order valence-electron chi connectivity index (χ0n) is 13.3. The van der Waals surface area contributed by atoms with Gasteiger partial charge >= 0.3 is 0 Å². The molecular formula is C18H28N2O. The first-order valence-corrected chi connectivity index (χ1v) is 7.48. The van der Waals surface area contributed by atoms with Crippen LogP contribution < -0.4 is 10.6 Å². The molecule has 0 radical (unpaired) electrons. The Morgan fingerprint density at radius 3 is 2.38 bits per heavy atom. The van der Waals surface area contributed by atoms with Gasteiger partial charge in [0, 0.05) is 11.7 Å². The molecule has 0 saturated carbocycles. The fourth-order valence-corrected chi connectivity index (χ4v) is 1.58. The van der Waals surface area contributed by atoms with Crippen LogP contribution in [0.2, 0.25) is 0 Å². The maximum Gasteiger partial charge on any atom is 0.182 e. The van der Waals surface area contributed by atoms with Gasteiger partial charge in [0.25, 0.3) is 0 Å². The predicted molar refractivity (Wildman–Crippen MR) is 92.5 cm³/mol. The molecule has 0 spiro atoms. The molecule has 0 fully saturated rings. The van der Waals surface area contributed by atoms with Gasteiger partial charge in [-0.05, 0) is 18.6 Å². The summed E-state index contributed by atoms with van der Waals surface area (Å²) in [4.78, 5) is 0. The highest BCUT2D eigenvalue weighted by Crippen LogP contribution is 1.99. The van der Waals surface area contributed by atoms with Crippen molar-refractivity contribution >= 4 is 0 Å². The van der Waals surface area contributed by atoms with Gasteiger partial charge in [-0.1, -0.05) is 76.0 Å². The van der Waals surface area contributed by atoms with Crippen molar-refractivity contribution in [3.05, 3.63) is 73.0 Å². The van der Waals surface area contributed by atoms with E-state index < -0.39 is 6.35 Å². The fraction of sp³-hybridized carbons (Fsp3) is 0.333. The molecule has 0 bridgehead atoms. The van der Waals surface area contributed by atoms with Crippen molar-refractivity contribution in [1.29, 1.82) is 0 Å². The summed E-state index contributed by atoms with van der Waals surface area (Å²) in [7, 11) is 0. The zero-order valence-corrected chi connectivity index (χ0v) is 13.3. The minimum absolute atomic E-state index is 0.00219. The lowest BCUT2D eigenvalue weighted by Gasteiger charge is -2.19. The molecule has 1 atom stereocenters. The van der Waals surface area contributed by atoms with E-state index in [9.17, 15) is 5.11 Å². The molecule has 1 rings (SSSR count). The molecule has 21 heavy (non-hydrogen) atoms. The minimum atomic E-state index is -0.829. The lowest BCUT2D eigenvalue weighted by molar-refractivity contribution is 0.111. The maximum absolute atomic E-state index is 9.97. The molecule has 1 aliphatic carbocycles. The van der Waals surface area contributed by atoms with Gasteiger partial charge in [-0.2, -0.15) is 0 Å². The Morgan fingerprint density at radius 1 is 1.24 bits per heavy atom. The second-order valence-electron chi connectivity index (χ2n) is 4.06. The predicted octanol–water partition coefficient (Wildman–Crippen LogP) is 3.55. The summed E-state index contributed by atoms with van der Waals surface area (Å²) in [6.07, 6.45) is 19.3. The Bertz CT molecular complexity index is 401. The normalized spacial score (nSPS) is 16.3. The third-order valence-electron chi connectivity index (χ3n) is 2.45. The summed E-state index contributed by atoms with van der Waals surface area (Å²) >= 11 is 0. The molecule has 0 saturated heterocycles. The van der Waals surface area contributed by atoms with Gasteiger partial charge in [-0.25, -0.2) is 0 Å². The molecule has 3 nitrogen and oxygen atoms in total. The number of nitrogens with one attached hydrogen (secondary N) is 2. The largest absolute Gasteiger partial charge is 0.361 e. The molecule has 0 aromatic carbocycles. The monoisotopic (exact) mass is 288 g/mol. The zero-order chi connectivity index (χ0) is 15.9. The number of hydrogen-bond donors (Lipinski definition) is 3. The van der Waals surface area contributed by atoms with Crippen LogP contribution in [0.5, 0.6) is 0 Å². The van der Waals surface area contributed by atoms with Crippen molar-refractivity contribution in [1.82, 2.24) is 10.6 Å². The molecule has 116 valence electrons. The maximum atomic E-state index is 9.97. The van der Waals surface area contributed by atoms with Crippen LogP contribution >= 0.6 is 0 Å². The molecule has 1 unspecified atom stereocenters. The number of allylic oxidation sites excluding steroid dienone is 8. The van der Waals surface area contributed by atoms with E-state index in [1.165, 1.54) is 0 Å². The van der Waals surface area contributed by atoms with Crippen LogP contribution in [0.15, 0.2) is 73.0 Å². The third-order valence-corrected chi connectivity index (χ3v) is 2.45. The van der Waals surface area contributed by atoms with Crippen LogP contribution in [0, 0.1) is 0 Å². The van der Waals surface area contributed by atoms with Crippen molar-refractivity contribution < 1.29 is 5.11 Å². The van der Waals surface area contributed by atoms with Crippen LogP contribution in [0.25, 0.3) is 0 Å². The number of rotatable bonds is 7. The van der Waals surface area contributed by atoms with E-state index in [4.69, 9.17) is 0 Å². The second kappa shape index (κ2) is 13.2. The lowest BCUT2D eigenvalue weighted by Crippen LogP contribution is -2.45. The van der Waals surface area contributed by atoms with E-state index in [1.54, 1.807) is 6.08 Å². The molecule has 0 aromatic rings. The first-order valence-electron chi connectivity index (χ1n) is 7.48. The summed E-state index contributed by atoms with van der Waals surface area (Å²) in [5.74, 6) is 0. The Balaban J connectivity index is 0.00000191. The number of aliphatic hydroxyl groups excluding tert-OH is 1. The van der Waals surface area contributed by atoms with Gasteiger partial charge in [0.1, 0.15) is 0 Å². The Morgan fingerprint density at radius 2 is 1.86 bits per heavy atom. The van der Waals surface area contributed by atoms with E-state index >= 15 is 0 Å². The smallest absolute Gasteiger partial charge is 0.182 e. The van der Waals surface area contributed by atoms with Crippen LogP contribution in [0.3, 0.4) is 0 Å². The second-order valence-corrected chi connectivity index (χ2v) is 4.06. The van der Waals surface area contributed by atoms with Crippen molar-refractivity contribution in [3.63, 3.8) is 0 Å². The molecule has 0 amide bonds. The van der Waals surface area contributed by atoms with Crippen LogP contribution in [-0.2, 0) is 0 Å². The topological polar surface area (TPSA) is 44.3 Å². The first-order chi connectivity index (χ1) is 10.3. The summed E-state index contributed by atoms with van der Waals surface area (Å²) in [6, 6.07) is -0.00219. The Hall–Kier alpha value is -1.84. The summed E-state index contributed by atoms with van der Waals surface area (Å²) in [5, 5.41) is 16.0. The summed E-state index contributed by atoms with van der Waals surface area (Å²) in [6.45, 7) is 9.72. The molecule has 0 aromatic heterocycles. The summed E-state index contributed by atoms with van der Waals surface area (Å²) in [5.41, 5.74) is 0.816. The number of hydrogen-bond acceptors (Lipinski definition) is 3. The Kier molecular flexibility index (Phi) is 12.0. The lowest BCUT2D eigenvalue weighted by atomic mass is 10.2. The standard InChI is InChI=1S/C16H22N2O.C2H6/c1-3-5-11-14(10-4-2)17-16(19)18-15-12-8-6-7-9-13-15;1-2/h4-13,15-19H,2-3H2,1H3;1-2H3/b11-5-,14-10+;. The van der Waals surface area contributed by atoms with E-state index in [1.807, 2.05) is 68.5 Å². The van der Waals surface area contributed by atoms with Crippen molar-refractivity contribution in [2.75, 3.05) is 0 Å². The summed E-state index contributed by atoms with van der Waals surface area (Å²) < 4.78 is 0. The van der Waals surface area contributed by atoms with Crippen LogP contribution in [-0.4, -0.2) is 17.5 Å². The van der Waals surface area contributed by atoms with Crippen molar-refractivity contribution in [2.45, 2.75) is 39.6 Å². The van der Waals surface area contributed by atoms with Gasteiger partial charge in [0.2, 0.25) is 0 Å². The van der Waals surface area contributed by atoms with E-state index in [0.29, 0.717) is 0 Å². The molecule has 1 aliphatic rings. The average molecular weight is 288 g/mol. The molecule has 3 heteroatoms. The molecule has 0 aliphatic heterocycles. The average Bonchev–Trinajstić information content (AvgIpc) is 2.75. The van der Waals surface area contributed by atoms with Crippen LogP contribution in [0.1, 0.15) is 27.2 Å². The molecule has 0 heterocycles. The fourth-order valence-electron chi connectivity index (χ4n) is 1.58. The van der Waals surface area contributed by atoms with Crippen LogP contribution in [0.4, 0.5) is 0 Å². The van der Waals surface area contributed by atoms with Gasteiger partial charge in [0.15, 0.2) is 6.35 Å². The van der Waals surface area contributed by atoms with Crippen molar-refractivity contribution in [3.8, 4) is 0 Å². The van der Waals surface area contributed by atoms with Gasteiger partial charge in [-0.3, -0.25) is 5.32 Å². The van der Waals surface area contributed by atoms with Gasteiger partial charge in [0.05, 0.1) is 0 Å². The van der Waals surface area contributed by atoms with Gasteiger partial charge < -0.3 is 10.4 Å². The third kappa shape index (κ3) is 9.66. The highest BCUT2D eigenvalue weighted by molar-refractivity contribution is 5.23. The molecule has 3 N–H and O–H groups in total.